The van der Waals surface area contributed by atoms with Gasteiger partial charge >= 0.3 is 0 Å². The fourth-order valence-corrected chi connectivity index (χ4v) is 3.83. The molecule has 0 aliphatic rings. The molecule has 1 amide bonds. The second-order valence-electron chi connectivity index (χ2n) is 6.56. The van der Waals surface area contributed by atoms with Crippen LogP contribution in [-0.2, 0) is 13.0 Å². The average Bonchev–Trinajstić information content (AvgIpc) is 3.22. The Labute approximate surface area is 155 Å². The zero-order valence-corrected chi connectivity index (χ0v) is 15.8. The third-order valence-electron chi connectivity index (χ3n) is 3.88. The summed E-state index contributed by atoms with van der Waals surface area (Å²) in [5.74, 6) is -0.0366. The number of nitrogens with one attached hydrogen (secondary N) is 1. The number of thiazole rings is 1. The van der Waals surface area contributed by atoms with Crippen molar-refractivity contribution in [2.45, 2.75) is 33.7 Å². The molecule has 1 aromatic carbocycles. The largest absolute Gasteiger partial charge is 0.347 e. The van der Waals surface area contributed by atoms with E-state index in [1.165, 1.54) is 17.4 Å². The molecule has 3 rings (SSSR count). The summed E-state index contributed by atoms with van der Waals surface area (Å²) < 4.78 is 15.9. The summed E-state index contributed by atoms with van der Waals surface area (Å²) >= 11 is 1.43. The number of halogens is 1. The Morgan fingerprint density at radius 3 is 2.85 bits per heavy atom. The van der Waals surface area contributed by atoms with Crippen molar-refractivity contribution in [3.05, 3.63) is 63.9 Å². The van der Waals surface area contributed by atoms with Crippen molar-refractivity contribution in [3.63, 3.8) is 0 Å². The van der Waals surface area contributed by atoms with Crippen LogP contribution in [0.1, 0.15) is 39.8 Å². The highest BCUT2D eigenvalue weighted by atomic mass is 32.1. The molecule has 0 aliphatic carbocycles. The summed E-state index contributed by atoms with van der Waals surface area (Å²) in [4.78, 5) is 21.4. The van der Waals surface area contributed by atoms with Crippen LogP contribution in [0.25, 0.3) is 5.69 Å². The van der Waals surface area contributed by atoms with Gasteiger partial charge < -0.3 is 9.88 Å². The molecule has 0 saturated heterocycles. The predicted molar refractivity (Wildman–Crippen MR) is 100 cm³/mol. The number of imidazole rings is 1. The van der Waals surface area contributed by atoms with Crippen LogP contribution in [0.4, 0.5) is 4.39 Å². The molecule has 0 fully saturated rings. The fourth-order valence-electron chi connectivity index (χ4n) is 2.63. The summed E-state index contributed by atoms with van der Waals surface area (Å²) in [5, 5.41) is 3.82. The predicted octanol–water partition coefficient (Wildman–Crippen LogP) is 3.90. The highest BCUT2D eigenvalue weighted by Crippen LogP contribution is 2.21. The molecule has 0 spiro atoms. The smallest absolute Gasteiger partial charge is 0.263 e. The number of amides is 1. The van der Waals surface area contributed by atoms with Crippen LogP contribution in [-0.4, -0.2) is 20.4 Å². The van der Waals surface area contributed by atoms with E-state index >= 15 is 0 Å². The molecule has 0 atom stereocenters. The van der Waals surface area contributed by atoms with Gasteiger partial charge in [-0.2, -0.15) is 0 Å². The van der Waals surface area contributed by atoms with Gasteiger partial charge in [-0.15, -0.1) is 11.3 Å². The lowest BCUT2D eigenvalue weighted by atomic mass is 10.1. The fraction of sp³-hybridized carbons (Fsp3) is 0.316. The Hall–Kier alpha value is -2.54. The van der Waals surface area contributed by atoms with Gasteiger partial charge in [0.15, 0.2) is 0 Å². The Balaban J connectivity index is 1.66. The lowest BCUT2D eigenvalue weighted by Crippen LogP contribution is -2.22. The van der Waals surface area contributed by atoms with Crippen molar-refractivity contribution >= 4 is 17.2 Å². The van der Waals surface area contributed by atoms with Gasteiger partial charge in [0.1, 0.15) is 10.7 Å². The minimum Gasteiger partial charge on any atom is -0.347 e. The number of hydrogen-bond acceptors (Lipinski definition) is 4. The van der Waals surface area contributed by atoms with Gasteiger partial charge in [-0.1, -0.05) is 19.9 Å². The van der Waals surface area contributed by atoms with Crippen LogP contribution in [0.3, 0.4) is 0 Å². The first-order valence-corrected chi connectivity index (χ1v) is 9.27. The van der Waals surface area contributed by atoms with Crippen LogP contribution in [0, 0.1) is 18.7 Å². The number of aryl methyl sites for hydroxylation is 1. The summed E-state index contributed by atoms with van der Waals surface area (Å²) in [6.07, 6.45) is 5.68. The number of rotatable bonds is 6. The van der Waals surface area contributed by atoms with E-state index < -0.39 is 0 Å². The molecule has 0 radical (unpaired) electrons. The number of hydrogen-bond donors (Lipinski definition) is 1. The van der Waals surface area contributed by atoms with E-state index in [-0.39, 0.29) is 18.3 Å². The van der Waals surface area contributed by atoms with E-state index in [0.717, 1.165) is 17.1 Å². The van der Waals surface area contributed by atoms with Gasteiger partial charge in [0, 0.05) is 25.4 Å². The molecule has 0 aliphatic heterocycles. The minimum atomic E-state index is -0.358. The normalized spacial score (nSPS) is 11.1. The van der Waals surface area contributed by atoms with Crippen LogP contribution >= 0.6 is 11.3 Å². The molecule has 136 valence electrons. The minimum absolute atomic E-state index is 0.172. The van der Waals surface area contributed by atoms with Gasteiger partial charge in [-0.05, 0) is 30.5 Å². The molecule has 0 saturated carbocycles. The zero-order valence-electron chi connectivity index (χ0n) is 15.0. The van der Waals surface area contributed by atoms with Gasteiger partial charge in [0.05, 0.1) is 22.7 Å². The van der Waals surface area contributed by atoms with Gasteiger partial charge in [-0.3, -0.25) is 4.79 Å². The Bertz CT molecular complexity index is 902. The van der Waals surface area contributed by atoms with Crippen molar-refractivity contribution in [2.75, 3.05) is 0 Å². The Morgan fingerprint density at radius 2 is 2.19 bits per heavy atom. The molecule has 26 heavy (non-hydrogen) atoms. The van der Waals surface area contributed by atoms with Crippen molar-refractivity contribution < 1.29 is 9.18 Å². The van der Waals surface area contributed by atoms with Crippen LogP contribution in [0.2, 0.25) is 0 Å². The lowest BCUT2D eigenvalue weighted by Gasteiger charge is -2.08. The highest BCUT2D eigenvalue weighted by Gasteiger charge is 2.16. The van der Waals surface area contributed by atoms with Crippen molar-refractivity contribution in [1.82, 2.24) is 19.9 Å². The quantitative estimate of drug-likeness (QED) is 0.714. The molecular weight excluding hydrogens is 351 g/mol. The molecule has 1 N–H and O–H groups in total. The van der Waals surface area contributed by atoms with E-state index in [0.29, 0.717) is 22.0 Å². The molecular formula is C19H21FN4OS. The maximum absolute atomic E-state index is 14.3. The van der Waals surface area contributed by atoms with Crippen molar-refractivity contribution in [1.29, 1.82) is 0 Å². The Morgan fingerprint density at radius 1 is 1.38 bits per heavy atom. The van der Waals surface area contributed by atoms with Crippen LogP contribution < -0.4 is 5.32 Å². The number of nitrogens with zero attached hydrogens (tertiary/aromatic N) is 3. The van der Waals surface area contributed by atoms with Gasteiger partial charge in [-0.25, -0.2) is 14.4 Å². The number of carbonyl (C=O) groups excluding carboxylic acids is 1. The summed E-state index contributed by atoms with van der Waals surface area (Å²) in [7, 11) is 0. The average molecular weight is 372 g/mol. The monoisotopic (exact) mass is 372 g/mol. The first-order chi connectivity index (χ1) is 12.4. The van der Waals surface area contributed by atoms with Crippen LogP contribution in [0.15, 0.2) is 36.9 Å². The zero-order chi connectivity index (χ0) is 18.7. The molecule has 2 heterocycles. The summed E-state index contributed by atoms with van der Waals surface area (Å²) in [5.41, 5.74) is 1.86. The second kappa shape index (κ2) is 7.78. The number of benzene rings is 1. The standard InChI is InChI=1S/C19H21FN4OS/c1-12(2)8-17-23-13(3)18(26-17)19(25)22-10-14-4-5-16(15(20)9-14)24-7-6-21-11-24/h4-7,9,11-12H,8,10H2,1-3H3,(H,22,25). The maximum atomic E-state index is 14.3. The molecule has 0 bridgehead atoms. The maximum Gasteiger partial charge on any atom is 0.263 e. The first kappa shape index (κ1) is 18.3. The third-order valence-corrected chi connectivity index (χ3v) is 5.06. The lowest BCUT2D eigenvalue weighted by molar-refractivity contribution is 0.0954. The van der Waals surface area contributed by atoms with E-state index in [9.17, 15) is 9.18 Å². The first-order valence-electron chi connectivity index (χ1n) is 8.45. The van der Waals surface area contributed by atoms with E-state index in [4.69, 9.17) is 0 Å². The molecule has 0 unspecified atom stereocenters. The summed E-state index contributed by atoms with van der Waals surface area (Å²) in [6, 6.07) is 4.90. The van der Waals surface area contributed by atoms with Gasteiger partial charge in [0.25, 0.3) is 5.91 Å². The van der Waals surface area contributed by atoms with E-state index in [1.807, 2.05) is 6.92 Å². The highest BCUT2D eigenvalue weighted by molar-refractivity contribution is 7.13. The SMILES string of the molecule is Cc1nc(CC(C)C)sc1C(=O)NCc1ccc(-n2ccnc2)c(F)c1. The third kappa shape index (κ3) is 4.16. The van der Waals surface area contributed by atoms with Crippen molar-refractivity contribution in [3.8, 4) is 5.69 Å². The summed E-state index contributed by atoms with van der Waals surface area (Å²) in [6.45, 7) is 6.35. The van der Waals surface area contributed by atoms with E-state index in [2.05, 4.69) is 29.1 Å². The Kier molecular flexibility index (Phi) is 5.46. The van der Waals surface area contributed by atoms with Crippen LogP contribution in [0.5, 0.6) is 0 Å². The van der Waals surface area contributed by atoms with E-state index in [1.54, 1.807) is 35.4 Å². The topological polar surface area (TPSA) is 59.8 Å². The molecule has 7 heteroatoms. The molecule has 3 aromatic rings. The number of carbonyl (C=O) groups is 1. The molecule has 5 nitrogen and oxygen atoms in total. The second-order valence-corrected chi connectivity index (χ2v) is 7.64. The molecule has 2 aromatic heterocycles. The number of aromatic nitrogens is 3. The van der Waals surface area contributed by atoms with Gasteiger partial charge in [0.2, 0.25) is 0 Å². The van der Waals surface area contributed by atoms with Crippen molar-refractivity contribution in [2.24, 2.45) is 5.92 Å².